The maximum Gasteiger partial charge on any atom is 0.263 e. The van der Waals surface area contributed by atoms with E-state index < -0.39 is 0 Å². The number of hydrogen-bond donors (Lipinski definition) is 0. The van der Waals surface area contributed by atoms with Gasteiger partial charge < -0.3 is 0 Å². The molecule has 0 saturated heterocycles. The Labute approximate surface area is 104 Å². The molecule has 0 aliphatic carbocycles. The number of benzene rings is 1. The van der Waals surface area contributed by atoms with E-state index in [4.69, 9.17) is 16.9 Å². The fourth-order valence-corrected chi connectivity index (χ4v) is 1.96. The van der Waals surface area contributed by atoms with Crippen LogP contribution in [-0.2, 0) is 6.54 Å². The molecule has 0 aliphatic rings. The molecule has 1 aromatic carbocycles. The molecule has 1 heterocycles. The van der Waals surface area contributed by atoms with Crippen LogP contribution in [0.25, 0.3) is 10.9 Å². The standard InChI is InChI=1S/C10H5BrClN3O/c11-6-1-2-8-7(5-6)9(16)15(4-3-13)10(12)14-8/h1-2,5H,4H2. The summed E-state index contributed by atoms with van der Waals surface area (Å²) in [5.74, 6) is 0. The molecule has 0 N–H and O–H groups in total. The van der Waals surface area contributed by atoms with Crippen LogP contribution in [0.5, 0.6) is 0 Å². The van der Waals surface area contributed by atoms with E-state index in [0.29, 0.717) is 10.9 Å². The lowest BCUT2D eigenvalue weighted by Crippen LogP contribution is -2.21. The fourth-order valence-electron chi connectivity index (χ4n) is 1.37. The highest BCUT2D eigenvalue weighted by molar-refractivity contribution is 9.10. The van der Waals surface area contributed by atoms with Crippen molar-refractivity contribution in [2.45, 2.75) is 6.54 Å². The van der Waals surface area contributed by atoms with Crippen molar-refractivity contribution in [1.29, 1.82) is 5.26 Å². The smallest absolute Gasteiger partial charge is 0.263 e. The van der Waals surface area contributed by atoms with Crippen LogP contribution in [0.15, 0.2) is 27.5 Å². The number of halogens is 2. The second-order valence-corrected chi connectivity index (χ2v) is 4.35. The van der Waals surface area contributed by atoms with E-state index >= 15 is 0 Å². The summed E-state index contributed by atoms with van der Waals surface area (Å²) in [7, 11) is 0. The average molecular weight is 299 g/mol. The lowest BCUT2D eigenvalue weighted by atomic mass is 10.2. The summed E-state index contributed by atoms with van der Waals surface area (Å²) in [5.41, 5.74) is 0.213. The first-order valence-electron chi connectivity index (χ1n) is 4.36. The third-order valence-electron chi connectivity index (χ3n) is 2.10. The number of nitriles is 1. The van der Waals surface area contributed by atoms with E-state index in [9.17, 15) is 4.79 Å². The van der Waals surface area contributed by atoms with Gasteiger partial charge >= 0.3 is 0 Å². The monoisotopic (exact) mass is 297 g/mol. The van der Waals surface area contributed by atoms with Crippen molar-refractivity contribution in [3.05, 3.63) is 38.3 Å². The van der Waals surface area contributed by atoms with E-state index in [1.165, 1.54) is 0 Å². The van der Waals surface area contributed by atoms with Crippen LogP contribution in [-0.4, -0.2) is 9.55 Å². The first-order chi connectivity index (χ1) is 7.63. The van der Waals surface area contributed by atoms with Gasteiger partial charge in [0.05, 0.1) is 17.0 Å². The van der Waals surface area contributed by atoms with Crippen LogP contribution in [0.2, 0.25) is 5.28 Å². The molecule has 0 unspecified atom stereocenters. The largest absolute Gasteiger partial charge is 0.269 e. The summed E-state index contributed by atoms with van der Waals surface area (Å²) in [4.78, 5) is 16.0. The molecule has 0 aliphatic heterocycles. The van der Waals surface area contributed by atoms with Crippen LogP contribution in [0.3, 0.4) is 0 Å². The van der Waals surface area contributed by atoms with Gasteiger partial charge in [0, 0.05) is 4.47 Å². The SMILES string of the molecule is N#CCn1c(Cl)nc2ccc(Br)cc2c1=O. The Morgan fingerprint density at radius 3 is 3.00 bits per heavy atom. The van der Waals surface area contributed by atoms with Gasteiger partial charge in [-0.25, -0.2) is 4.98 Å². The zero-order valence-corrected chi connectivity index (χ0v) is 10.3. The van der Waals surface area contributed by atoms with Crippen molar-refractivity contribution in [3.63, 3.8) is 0 Å². The second kappa shape index (κ2) is 4.24. The van der Waals surface area contributed by atoms with Crippen LogP contribution < -0.4 is 5.56 Å². The molecule has 0 radical (unpaired) electrons. The Bertz CT molecular complexity index is 659. The highest BCUT2D eigenvalue weighted by atomic mass is 79.9. The topological polar surface area (TPSA) is 58.7 Å². The highest BCUT2D eigenvalue weighted by Gasteiger charge is 2.08. The minimum Gasteiger partial charge on any atom is -0.269 e. The minimum absolute atomic E-state index is 0.0290. The molecule has 4 nitrogen and oxygen atoms in total. The van der Waals surface area contributed by atoms with Crippen LogP contribution in [0.1, 0.15) is 0 Å². The Morgan fingerprint density at radius 1 is 1.56 bits per heavy atom. The lowest BCUT2D eigenvalue weighted by Gasteiger charge is -2.05. The van der Waals surface area contributed by atoms with Crippen molar-refractivity contribution in [1.82, 2.24) is 9.55 Å². The van der Waals surface area contributed by atoms with Gasteiger partial charge in [-0.05, 0) is 29.8 Å². The second-order valence-electron chi connectivity index (χ2n) is 3.09. The van der Waals surface area contributed by atoms with Gasteiger partial charge in [0.1, 0.15) is 6.54 Å². The molecule has 6 heteroatoms. The summed E-state index contributed by atoms with van der Waals surface area (Å²) in [5, 5.41) is 9.06. The molecule has 16 heavy (non-hydrogen) atoms. The predicted molar refractivity (Wildman–Crippen MR) is 64.3 cm³/mol. The molecule has 0 fully saturated rings. The van der Waals surface area contributed by atoms with E-state index in [-0.39, 0.29) is 17.4 Å². The summed E-state index contributed by atoms with van der Waals surface area (Å²) < 4.78 is 1.92. The zero-order valence-electron chi connectivity index (χ0n) is 7.94. The van der Waals surface area contributed by atoms with Gasteiger partial charge in [0.15, 0.2) is 0 Å². The highest BCUT2D eigenvalue weighted by Crippen LogP contribution is 2.17. The van der Waals surface area contributed by atoms with Gasteiger partial charge in [0.25, 0.3) is 5.56 Å². The normalized spacial score (nSPS) is 10.3. The first kappa shape index (κ1) is 11.1. The Balaban J connectivity index is 2.86. The number of nitrogens with zero attached hydrogens (tertiary/aromatic N) is 3. The predicted octanol–water partition coefficient (Wildman–Crippen LogP) is 2.34. The van der Waals surface area contributed by atoms with Crippen LogP contribution in [0, 0.1) is 11.3 Å². The van der Waals surface area contributed by atoms with E-state index in [1.807, 2.05) is 6.07 Å². The Kier molecular flexibility index (Phi) is 2.95. The van der Waals surface area contributed by atoms with Gasteiger partial charge in [-0.1, -0.05) is 15.9 Å². The molecular weight excluding hydrogens is 293 g/mol. The maximum atomic E-state index is 12.0. The molecule has 2 aromatic rings. The maximum absolute atomic E-state index is 12.0. The number of aromatic nitrogens is 2. The zero-order chi connectivity index (χ0) is 11.7. The number of hydrogen-bond acceptors (Lipinski definition) is 3. The molecular formula is C10H5BrClN3O. The molecule has 1 aromatic heterocycles. The lowest BCUT2D eigenvalue weighted by molar-refractivity contribution is 0.777. The van der Waals surface area contributed by atoms with Crippen molar-refractivity contribution in [3.8, 4) is 6.07 Å². The summed E-state index contributed by atoms with van der Waals surface area (Å²) in [6.45, 7) is -0.104. The minimum atomic E-state index is -0.308. The van der Waals surface area contributed by atoms with Crippen LogP contribution in [0.4, 0.5) is 0 Å². The van der Waals surface area contributed by atoms with E-state index in [1.54, 1.807) is 18.2 Å². The van der Waals surface area contributed by atoms with Crippen molar-refractivity contribution in [2.75, 3.05) is 0 Å². The van der Waals surface area contributed by atoms with Gasteiger partial charge in [0.2, 0.25) is 5.28 Å². The molecule has 0 bridgehead atoms. The third-order valence-corrected chi connectivity index (χ3v) is 2.88. The van der Waals surface area contributed by atoms with Gasteiger partial charge in [-0.2, -0.15) is 5.26 Å². The van der Waals surface area contributed by atoms with Crippen LogP contribution >= 0.6 is 27.5 Å². The first-order valence-corrected chi connectivity index (χ1v) is 5.53. The fraction of sp³-hybridized carbons (Fsp3) is 0.100. The molecule has 0 saturated carbocycles. The van der Waals surface area contributed by atoms with Crippen molar-refractivity contribution in [2.24, 2.45) is 0 Å². The van der Waals surface area contributed by atoms with Crippen molar-refractivity contribution < 1.29 is 0 Å². The van der Waals surface area contributed by atoms with Gasteiger partial charge in [-0.3, -0.25) is 9.36 Å². The molecule has 0 amide bonds. The Hall–Kier alpha value is -1.38. The molecule has 0 spiro atoms. The quantitative estimate of drug-likeness (QED) is 0.759. The van der Waals surface area contributed by atoms with Crippen molar-refractivity contribution >= 4 is 38.4 Å². The average Bonchev–Trinajstić information content (AvgIpc) is 2.26. The summed E-state index contributed by atoms with van der Waals surface area (Å²) in [6.07, 6.45) is 0. The Morgan fingerprint density at radius 2 is 2.31 bits per heavy atom. The number of fused-ring (bicyclic) bond motifs is 1. The molecule has 80 valence electrons. The van der Waals surface area contributed by atoms with Gasteiger partial charge in [-0.15, -0.1) is 0 Å². The summed E-state index contributed by atoms with van der Waals surface area (Å²) >= 11 is 9.09. The number of rotatable bonds is 1. The van der Waals surface area contributed by atoms with E-state index in [0.717, 1.165) is 9.04 Å². The molecule has 0 atom stereocenters. The summed E-state index contributed by atoms with van der Waals surface area (Å²) in [6, 6.07) is 7.01. The van der Waals surface area contributed by atoms with E-state index in [2.05, 4.69) is 20.9 Å². The third kappa shape index (κ3) is 1.82. The molecule has 2 rings (SSSR count).